The van der Waals surface area contributed by atoms with Crippen molar-refractivity contribution in [3.63, 3.8) is 0 Å². The highest BCUT2D eigenvalue weighted by atomic mass is 15.2. The monoisotopic (exact) mass is 962 g/mol. The Morgan fingerprint density at radius 2 is 0.451 bits per heavy atom. The molecule has 11 rings (SSSR count). The average molecular weight is 957 g/mol. The molecule has 0 unspecified atom stereocenters. The second kappa shape index (κ2) is 19.7. The zero-order valence-corrected chi connectivity index (χ0v) is 43.1. The van der Waals surface area contributed by atoms with Crippen LogP contribution in [-0.2, 0) is 0 Å². The Morgan fingerprint density at radius 3 is 0.878 bits per heavy atom. The smallest absolute Gasteiger partial charge is 0.235 e. The van der Waals surface area contributed by atoms with Crippen molar-refractivity contribution in [1.82, 2.24) is 19.1 Å². The molecule has 3 aromatic heterocycles. The van der Waals surface area contributed by atoms with Crippen LogP contribution < -0.4 is 164 Å². The van der Waals surface area contributed by atoms with Gasteiger partial charge in [0.15, 0.2) is 0 Å². The van der Waals surface area contributed by atoms with E-state index >= 15 is 0 Å². The molecule has 0 bridgehead atoms. The highest BCUT2D eigenvalue weighted by molar-refractivity contribution is 6.77. The number of aromatic nitrogens is 4. The van der Waals surface area contributed by atoms with Gasteiger partial charge in [0.05, 0.1) is 11.2 Å². The fourth-order valence-corrected chi connectivity index (χ4v) is 11.3. The zero-order chi connectivity index (χ0) is 60.3. The van der Waals surface area contributed by atoms with E-state index in [0.717, 1.165) is 0 Å². The minimum Gasteiger partial charge on any atom is -0.312 e. The highest BCUT2D eigenvalue weighted by Crippen LogP contribution is 2.33. The molecule has 60 radical (unpaired) electrons. The lowest BCUT2D eigenvalue weighted by atomic mass is 9.57. The van der Waals surface area contributed by atoms with Crippen molar-refractivity contribution in [3.05, 3.63) is 0 Å². The summed E-state index contributed by atoms with van der Waals surface area (Å²) in [6.07, 6.45) is 0. The maximum Gasteiger partial charge on any atom is 0.235 e. The van der Waals surface area contributed by atoms with E-state index in [1.807, 2.05) is 0 Å². The van der Waals surface area contributed by atoms with Crippen molar-refractivity contribution >= 4 is 465 Å². The van der Waals surface area contributed by atoms with Crippen molar-refractivity contribution in [2.45, 2.75) is 0 Å². The summed E-state index contributed by atoms with van der Waals surface area (Å²) in [5.41, 5.74) is -5.98. The van der Waals surface area contributed by atoms with E-state index in [1.54, 1.807) is 0 Å². The third kappa shape index (κ3) is 7.42. The predicted octanol–water partition coefficient (Wildman–Crippen LogP) is -23.9. The third-order valence-electron chi connectivity index (χ3n) is 15.7. The Hall–Kier alpha value is -5.09. The Bertz CT molecular complexity index is 4820. The van der Waals surface area contributed by atoms with Gasteiger partial charge in [0.1, 0.15) is 235 Å². The van der Waals surface area contributed by atoms with Crippen LogP contribution in [0.4, 0.5) is 0 Å². The van der Waals surface area contributed by atoms with Crippen LogP contribution in [0.5, 0.6) is 0 Å². The predicted molar refractivity (Wildman–Crippen MR) is 378 cm³/mol. The summed E-state index contributed by atoms with van der Waals surface area (Å²) < 4.78 is 2.73. The molecule has 0 aliphatic rings. The number of nitrogens with zero attached hydrogens (tertiary/aromatic N) is 4. The molecule has 0 aliphatic heterocycles. The zero-order valence-electron chi connectivity index (χ0n) is 43.1. The van der Waals surface area contributed by atoms with Gasteiger partial charge < -0.3 is 4.57 Å². The molecule has 0 N–H and O–H groups in total. The van der Waals surface area contributed by atoms with Crippen molar-refractivity contribution < 1.29 is 0 Å². The quantitative estimate of drug-likeness (QED) is 0.165. The summed E-state index contributed by atoms with van der Waals surface area (Å²) >= 11 is 0. The standard InChI is InChI=1S/C48B30N4/c49-11-1-2(15(53)26(64)25(63)14(1)52)12(50)21(59)9(11)41-10-22(60)13(51)4(3-16(54)27(65)32(70)28(66)17(3)55)23(61)42(10)80-48(79-41)82-45-7(20(58)31(69)35(73)38(45)76)8-24(62)47(40(78)39(77)46(8)82)81-43-5(18(56)29(67)33(71)36(43)74)6-19(57)30(68)34(72)37(75)44(6)81. The Labute approximate surface area is 514 Å². The molecule has 302 valence electrons. The van der Waals surface area contributed by atoms with Gasteiger partial charge in [-0.15, -0.1) is 60.1 Å². The number of hydrogen-bond donors (Lipinski definition) is 0. The molecule has 0 spiro atoms. The van der Waals surface area contributed by atoms with Gasteiger partial charge in [-0.05, 0) is 43.6 Å². The number of benzene rings is 8. The van der Waals surface area contributed by atoms with Gasteiger partial charge in [-0.2, -0.15) is 0 Å². The fourth-order valence-electron chi connectivity index (χ4n) is 11.3. The minimum atomic E-state index is -0.394. The van der Waals surface area contributed by atoms with Crippen LogP contribution in [0, 0.1) is 0 Å². The molecular formula is C48B30N4. The minimum absolute atomic E-state index is 0.00675. The van der Waals surface area contributed by atoms with E-state index in [2.05, 4.69) is 0 Å². The molecule has 0 aliphatic carbocycles. The SMILES string of the molecule is [B]c1c([B])c([B])c(-c2c([B])c([B])c3c(-c4c([B])c([B])c5c([B])c([B])c([B])c([B])c5c4[B])nc(-n4c5c([B])c([B])c([B])c([B])c5c5c([B])c(-n6c7c([B])c([B])c([B])c([B])c7c7c([B])c([B])c([B])c([B])c76)c([B])c([B])c54)nc3c2[B])c([B])c1[B]. The molecule has 0 atom stereocenters. The summed E-state index contributed by atoms with van der Waals surface area (Å²) in [6, 6.07) is 0. The van der Waals surface area contributed by atoms with Gasteiger partial charge in [-0.1, -0.05) is 104 Å². The second-order valence-corrected chi connectivity index (χ2v) is 19.8. The number of hydrogen-bond acceptors (Lipinski definition) is 2. The number of rotatable bonds is 4. The first kappa shape index (κ1) is 58.7. The summed E-state index contributed by atoms with van der Waals surface area (Å²) in [5, 5.41) is 0.246. The van der Waals surface area contributed by atoms with Crippen LogP contribution in [0.1, 0.15) is 0 Å². The first-order valence-corrected chi connectivity index (χ1v) is 23.9. The molecule has 4 nitrogen and oxygen atoms in total. The van der Waals surface area contributed by atoms with Gasteiger partial charge in [0.25, 0.3) is 0 Å². The van der Waals surface area contributed by atoms with E-state index in [4.69, 9.17) is 245 Å². The van der Waals surface area contributed by atoms with E-state index in [-0.39, 0.29) is 257 Å². The topological polar surface area (TPSA) is 35.6 Å². The van der Waals surface area contributed by atoms with E-state index in [0.29, 0.717) is 0 Å². The lowest BCUT2D eigenvalue weighted by Crippen LogP contribution is -2.56. The summed E-state index contributed by atoms with van der Waals surface area (Å²) in [7, 11) is 203. The van der Waals surface area contributed by atoms with E-state index in [9.17, 15) is 0 Å². The molecule has 8 aromatic carbocycles. The second-order valence-electron chi connectivity index (χ2n) is 19.8. The van der Waals surface area contributed by atoms with Crippen LogP contribution in [0.15, 0.2) is 0 Å². The van der Waals surface area contributed by atoms with Gasteiger partial charge in [0.2, 0.25) is 5.95 Å². The van der Waals surface area contributed by atoms with Crippen LogP contribution in [0.3, 0.4) is 0 Å². The lowest BCUT2D eigenvalue weighted by molar-refractivity contribution is 1.02. The lowest BCUT2D eigenvalue weighted by Gasteiger charge is -2.28. The first-order valence-electron chi connectivity index (χ1n) is 23.9. The largest absolute Gasteiger partial charge is 0.312 e. The molecule has 0 saturated carbocycles. The first-order chi connectivity index (χ1) is 38.3. The van der Waals surface area contributed by atoms with Crippen LogP contribution in [0.25, 0.3) is 99.3 Å². The Balaban J connectivity index is 1.41. The highest BCUT2D eigenvalue weighted by Gasteiger charge is 2.32. The maximum absolute atomic E-state index is 7.49. The van der Waals surface area contributed by atoms with E-state index < -0.39 is 5.95 Å². The van der Waals surface area contributed by atoms with Crippen molar-refractivity contribution in [3.8, 4) is 34.0 Å². The van der Waals surface area contributed by atoms with Crippen molar-refractivity contribution in [1.29, 1.82) is 0 Å². The van der Waals surface area contributed by atoms with Gasteiger partial charge in [0, 0.05) is 38.5 Å². The Kier molecular flexibility index (Phi) is 14.1. The van der Waals surface area contributed by atoms with E-state index in [1.165, 1.54) is 9.13 Å². The fraction of sp³-hybridized carbons (Fsp3) is 0. The normalized spacial score (nSPS) is 11.9. The molecule has 11 aromatic rings. The van der Waals surface area contributed by atoms with Gasteiger partial charge >= 0.3 is 0 Å². The molecular weight excluding hydrogens is 957 g/mol. The molecule has 0 fully saturated rings. The van der Waals surface area contributed by atoms with Gasteiger partial charge in [-0.3, -0.25) is 4.57 Å². The van der Waals surface area contributed by atoms with Crippen LogP contribution >= 0.6 is 0 Å². The maximum atomic E-state index is 7.49. The summed E-state index contributed by atoms with van der Waals surface area (Å²) in [5.74, 6) is -0.394. The number of fused-ring (bicyclic) bond motifs is 8. The van der Waals surface area contributed by atoms with Crippen LogP contribution in [0.2, 0.25) is 0 Å². The molecule has 0 saturated heterocycles. The molecule has 82 heavy (non-hydrogen) atoms. The van der Waals surface area contributed by atoms with Crippen LogP contribution in [-0.4, -0.2) is 254 Å². The van der Waals surface area contributed by atoms with Gasteiger partial charge in [-0.25, -0.2) is 9.97 Å². The van der Waals surface area contributed by atoms with Crippen molar-refractivity contribution in [2.75, 3.05) is 0 Å². The Morgan fingerprint density at radius 1 is 0.183 bits per heavy atom. The van der Waals surface area contributed by atoms with Crippen molar-refractivity contribution in [2.24, 2.45) is 0 Å². The molecule has 0 amide bonds. The third-order valence-corrected chi connectivity index (χ3v) is 15.7. The average Bonchev–Trinajstić information content (AvgIpc) is 3.60. The molecule has 3 heterocycles. The summed E-state index contributed by atoms with van der Waals surface area (Å²) in [6.45, 7) is 0. The summed E-state index contributed by atoms with van der Waals surface area (Å²) in [4.78, 5) is 10.2. The molecule has 34 heteroatoms.